The number of hydrogen-bond acceptors (Lipinski definition) is 2. The molecule has 2 aliphatic rings. The van der Waals surface area contributed by atoms with E-state index < -0.39 is 0 Å². The Morgan fingerprint density at radius 1 is 1.30 bits per heavy atom. The van der Waals surface area contributed by atoms with E-state index in [1.54, 1.807) is 0 Å². The van der Waals surface area contributed by atoms with Gasteiger partial charge in [-0.2, -0.15) is 0 Å². The van der Waals surface area contributed by atoms with Crippen LogP contribution in [0, 0.1) is 0 Å². The molecule has 0 bridgehead atoms. The smallest absolute Gasteiger partial charge is 0.221 e. The van der Waals surface area contributed by atoms with E-state index in [4.69, 9.17) is 0 Å². The molecule has 1 unspecified atom stereocenters. The average Bonchev–Trinajstić information content (AvgIpc) is 3.03. The van der Waals surface area contributed by atoms with Crippen LogP contribution in [0.5, 0.6) is 0 Å². The van der Waals surface area contributed by atoms with Gasteiger partial charge in [0.05, 0.1) is 0 Å². The van der Waals surface area contributed by atoms with Crippen LogP contribution in [0.2, 0.25) is 0 Å². The van der Waals surface area contributed by atoms with E-state index in [1.165, 1.54) is 24.1 Å². The van der Waals surface area contributed by atoms with Gasteiger partial charge in [0.25, 0.3) is 0 Å². The molecule has 0 aromatic heterocycles. The van der Waals surface area contributed by atoms with Gasteiger partial charge in [-0.05, 0) is 37.8 Å². The summed E-state index contributed by atoms with van der Waals surface area (Å²) in [6, 6.07) is 9.50. The van der Waals surface area contributed by atoms with E-state index in [9.17, 15) is 4.79 Å². The molecule has 1 fully saturated rings. The third-order valence-electron chi connectivity index (χ3n) is 4.65. The second-order valence-corrected chi connectivity index (χ2v) is 6.17. The molecule has 0 spiro atoms. The minimum atomic E-state index is 0.216. The third kappa shape index (κ3) is 2.82. The van der Waals surface area contributed by atoms with Crippen molar-refractivity contribution in [2.75, 3.05) is 11.4 Å². The Kier molecular flexibility index (Phi) is 3.95. The Morgan fingerprint density at radius 3 is 2.85 bits per heavy atom. The SMILES string of the molecule is CC1Cc2ccccc2N1CCC(=O)NC1CCCC1. The number of benzene rings is 1. The van der Waals surface area contributed by atoms with Crippen molar-refractivity contribution in [3.8, 4) is 0 Å². The molecule has 108 valence electrons. The summed E-state index contributed by atoms with van der Waals surface area (Å²) in [7, 11) is 0. The van der Waals surface area contributed by atoms with Crippen molar-refractivity contribution < 1.29 is 4.79 Å². The zero-order valence-electron chi connectivity index (χ0n) is 12.3. The van der Waals surface area contributed by atoms with Crippen LogP contribution in [0.1, 0.15) is 44.6 Å². The molecule has 1 saturated carbocycles. The molecule has 1 aromatic carbocycles. The summed E-state index contributed by atoms with van der Waals surface area (Å²) in [4.78, 5) is 14.4. The highest BCUT2D eigenvalue weighted by Crippen LogP contribution is 2.31. The van der Waals surface area contributed by atoms with Crippen LogP contribution < -0.4 is 10.2 Å². The normalized spacial score (nSPS) is 22.1. The van der Waals surface area contributed by atoms with Gasteiger partial charge in [-0.25, -0.2) is 0 Å². The maximum Gasteiger partial charge on any atom is 0.221 e. The number of hydrogen-bond donors (Lipinski definition) is 1. The van der Waals surface area contributed by atoms with Gasteiger partial charge in [-0.3, -0.25) is 4.79 Å². The standard InChI is InChI=1S/C17H24N2O/c1-13-12-14-6-2-5-9-16(14)19(13)11-10-17(20)18-15-7-3-4-8-15/h2,5-6,9,13,15H,3-4,7-8,10-12H2,1H3,(H,18,20). The quantitative estimate of drug-likeness (QED) is 0.914. The second kappa shape index (κ2) is 5.86. The van der Waals surface area contributed by atoms with Crippen molar-refractivity contribution in [2.45, 2.75) is 57.5 Å². The predicted octanol–water partition coefficient (Wildman–Crippen LogP) is 2.89. The van der Waals surface area contributed by atoms with Crippen LogP contribution in [-0.2, 0) is 11.2 Å². The molecular formula is C17H24N2O. The summed E-state index contributed by atoms with van der Waals surface area (Å²) in [5, 5.41) is 3.18. The van der Waals surface area contributed by atoms with E-state index in [1.807, 2.05) is 0 Å². The zero-order valence-corrected chi connectivity index (χ0v) is 12.3. The average molecular weight is 272 g/mol. The van der Waals surface area contributed by atoms with Crippen molar-refractivity contribution in [2.24, 2.45) is 0 Å². The molecule has 3 nitrogen and oxygen atoms in total. The number of carbonyl (C=O) groups excluding carboxylic acids is 1. The van der Waals surface area contributed by atoms with E-state index in [2.05, 4.69) is 41.4 Å². The fraction of sp³-hybridized carbons (Fsp3) is 0.588. The first-order valence-corrected chi connectivity index (χ1v) is 7.88. The van der Waals surface area contributed by atoms with Crippen molar-refractivity contribution in [3.63, 3.8) is 0 Å². The number of amides is 1. The maximum atomic E-state index is 12.0. The fourth-order valence-corrected chi connectivity index (χ4v) is 3.56. The summed E-state index contributed by atoms with van der Waals surface area (Å²) in [5.74, 6) is 0.216. The minimum Gasteiger partial charge on any atom is -0.368 e. The first kappa shape index (κ1) is 13.5. The van der Waals surface area contributed by atoms with Gasteiger partial charge in [-0.1, -0.05) is 31.0 Å². The molecule has 0 saturated heterocycles. The first-order valence-electron chi connectivity index (χ1n) is 7.88. The Labute approximate surface area is 121 Å². The Hall–Kier alpha value is -1.51. The number of nitrogens with zero attached hydrogens (tertiary/aromatic N) is 1. The molecule has 1 N–H and O–H groups in total. The van der Waals surface area contributed by atoms with Gasteiger partial charge in [0.15, 0.2) is 0 Å². The molecule has 20 heavy (non-hydrogen) atoms. The highest BCUT2D eigenvalue weighted by molar-refractivity contribution is 5.77. The Balaban J connectivity index is 1.54. The maximum absolute atomic E-state index is 12.0. The summed E-state index contributed by atoms with van der Waals surface area (Å²) in [6.07, 6.45) is 6.56. The molecule has 1 aromatic rings. The van der Waals surface area contributed by atoms with Gasteiger partial charge in [0, 0.05) is 30.7 Å². The zero-order chi connectivity index (χ0) is 13.9. The van der Waals surface area contributed by atoms with E-state index in [0.29, 0.717) is 18.5 Å². The number of fused-ring (bicyclic) bond motifs is 1. The molecule has 0 radical (unpaired) electrons. The lowest BCUT2D eigenvalue weighted by Gasteiger charge is -2.25. The summed E-state index contributed by atoms with van der Waals surface area (Å²) < 4.78 is 0. The third-order valence-corrected chi connectivity index (χ3v) is 4.65. The predicted molar refractivity (Wildman–Crippen MR) is 82.0 cm³/mol. The number of anilines is 1. The van der Waals surface area contributed by atoms with E-state index in [-0.39, 0.29) is 5.91 Å². The summed E-state index contributed by atoms with van der Waals surface area (Å²) in [5.41, 5.74) is 2.73. The summed E-state index contributed by atoms with van der Waals surface area (Å²) in [6.45, 7) is 3.08. The monoisotopic (exact) mass is 272 g/mol. The van der Waals surface area contributed by atoms with E-state index in [0.717, 1.165) is 25.8 Å². The highest BCUT2D eigenvalue weighted by atomic mass is 16.1. The number of rotatable bonds is 4. The molecule has 1 atom stereocenters. The van der Waals surface area contributed by atoms with Crippen molar-refractivity contribution >= 4 is 11.6 Å². The fourth-order valence-electron chi connectivity index (χ4n) is 3.56. The molecule has 1 amide bonds. The number of para-hydroxylation sites is 1. The Morgan fingerprint density at radius 2 is 2.05 bits per heavy atom. The van der Waals surface area contributed by atoms with Crippen LogP contribution in [0.15, 0.2) is 24.3 Å². The molecule has 1 heterocycles. The van der Waals surface area contributed by atoms with Crippen LogP contribution >= 0.6 is 0 Å². The number of carbonyl (C=O) groups is 1. The van der Waals surface area contributed by atoms with Crippen LogP contribution in [0.4, 0.5) is 5.69 Å². The van der Waals surface area contributed by atoms with Crippen molar-refractivity contribution in [3.05, 3.63) is 29.8 Å². The van der Waals surface area contributed by atoms with Gasteiger partial charge >= 0.3 is 0 Å². The molecule has 1 aliphatic heterocycles. The molecule has 3 rings (SSSR count). The molecule has 3 heteroatoms. The van der Waals surface area contributed by atoms with Gasteiger partial charge < -0.3 is 10.2 Å². The van der Waals surface area contributed by atoms with Gasteiger partial charge in [0.1, 0.15) is 0 Å². The molecule has 1 aliphatic carbocycles. The lowest BCUT2D eigenvalue weighted by atomic mass is 10.1. The van der Waals surface area contributed by atoms with Crippen molar-refractivity contribution in [1.82, 2.24) is 5.32 Å². The minimum absolute atomic E-state index is 0.216. The van der Waals surface area contributed by atoms with Gasteiger partial charge in [0.2, 0.25) is 5.91 Å². The highest BCUT2D eigenvalue weighted by Gasteiger charge is 2.26. The van der Waals surface area contributed by atoms with Crippen LogP contribution in [0.25, 0.3) is 0 Å². The van der Waals surface area contributed by atoms with E-state index >= 15 is 0 Å². The lowest BCUT2D eigenvalue weighted by Crippen LogP contribution is -2.37. The summed E-state index contributed by atoms with van der Waals surface area (Å²) >= 11 is 0. The topological polar surface area (TPSA) is 32.3 Å². The molecular weight excluding hydrogens is 248 g/mol. The lowest BCUT2D eigenvalue weighted by molar-refractivity contribution is -0.121. The first-order chi connectivity index (χ1) is 9.74. The largest absolute Gasteiger partial charge is 0.368 e. The van der Waals surface area contributed by atoms with Crippen LogP contribution in [0.3, 0.4) is 0 Å². The Bertz CT molecular complexity index is 480. The number of nitrogens with one attached hydrogen (secondary N) is 1. The van der Waals surface area contributed by atoms with Gasteiger partial charge in [-0.15, -0.1) is 0 Å². The van der Waals surface area contributed by atoms with Crippen LogP contribution in [-0.4, -0.2) is 24.5 Å². The van der Waals surface area contributed by atoms with Crippen molar-refractivity contribution in [1.29, 1.82) is 0 Å². The second-order valence-electron chi connectivity index (χ2n) is 6.17.